The van der Waals surface area contributed by atoms with Crippen molar-refractivity contribution < 1.29 is 23.2 Å². The van der Waals surface area contributed by atoms with Crippen LogP contribution in [-0.2, 0) is 14.8 Å². The zero-order valence-electron chi connectivity index (χ0n) is 9.23. The summed E-state index contributed by atoms with van der Waals surface area (Å²) in [6.07, 6.45) is 0. The van der Waals surface area contributed by atoms with E-state index in [-0.39, 0.29) is 10.6 Å². The quantitative estimate of drug-likeness (QED) is 0.589. The number of hydrogen-bond acceptors (Lipinski definition) is 5. The van der Waals surface area contributed by atoms with Crippen LogP contribution in [0.2, 0.25) is 0 Å². The molecule has 0 aromatic heterocycles. The van der Waals surface area contributed by atoms with Crippen molar-refractivity contribution in [2.45, 2.75) is 17.9 Å². The second-order valence-electron chi connectivity index (χ2n) is 3.44. The fourth-order valence-corrected chi connectivity index (χ4v) is 2.35. The number of rotatable bonds is 5. The van der Waals surface area contributed by atoms with E-state index in [2.05, 4.69) is 0 Å². The van der Waals surface area contributed by atoms with Crippen LogP contribution in [0.3, 0.4) is 0 Å². The highest BCUT2D eigenvalue weighted by Gasteiger charge is 2.22. The Morgan fingerprint density at radius 2 is 2.11 bits per heavy atom. The molecule has 0 heterocycles. The van der Waals surface area contributed by atoms with Crippen LogP contribution in [0.4, 0.5) is 5.69 Å². The second kappa shape index (κ2) is 5.10. The molecule has 98 valence electrons. The molecule has 2 N–H and O–H groups in total. The van der Waals surface area contributed by atoms with E-state index in [0.717, 1.165) is 25.1 Å². The highest BCUT2D eigenvalue weighted by Crippen LogP contribution is 2.17. The summed E-state index contributed by atoms with van der Waals surface area (Å²) in [6, 6.07) is 3.02. The molecule has 0 radical (unpaired) electrons. The highest BCUT2D eigenvalue weighted by atomic mass is 32.2. The van der Waals surface area contributed by atoms with E-state index >= 15 is 0 Å². The molecule has 0 fully saturated rings. The van der Waals surface area contributed by atoms with Crippen LogP contribution in [0, 0.1) is 10.1 Å². The normalized spacial score (nSPS) is 12.9. The van der Waals surface area contributed by atoms with Gasteiger partial charge in [-0.2, -0.15) is 4.72 Å². The molecular weight excluding hydrogens is 264 g/mol. The number of nitrogens with zero attached hydrogens (tertiary/aromatic N) is 1. The molecule has 0 aliphatic rings. The van der Waals surface area contributed by atoms with Gasteiger partial charge in [0.1, 0.15) is 6.04 Å². The van der Waals surface area contributed by atoms with Gasteiger partial charge in [-0.25, -0.2) is 8.42 Å². The number of nitrogens with one attached hydrogen (secondary N) is 1. The van der Waals surface area contributed by atoms with Crippen molar-refractivity contribution in [3.8, 4) is 0 Å². The lowest BCUT2D eigenvalue weighted by Gasteiger charge is -2.09. The Bertz CT molecular complexity index is 582. The smallest absolute Gasteiger partial charge is 0.321 e. The summed E-state index contributed by atoms with van der Waals surface area (Å²) in [5.41, 5.74) is -0.388. The molecule has 0 saturated carbocycles. The Labute approximate surface area is 102 Å². The van der Waals surface area contributed by atoms with Gasteiger partial charge in [-0.05, 0) is 13.0 Å². The van der Waals surface area contributed by atoms with E-state index in [1.807, 2.05) is 4.72 Å². The molecule has 0 aliphatic carbocycles. The first-order valence-corrected chi connectivity index (χ1v) is 6.22. The first-order valence-electron chi connectivity index (χ1n) is 4.73. The zero-order valence-corrected chi connectivity index (χ0v) is 10.0. The average molecular weight is 274 g/mol. The van der Waals surface area contributed by atoms with Crippen LogP contribution in [0.1, 0.15) is 6.92 Å². The minimum atomic E-state index is -4.10. The van der Waals surface area contributed by atoms with E-state index in [9.17, 15) is 23.3 Å². The summed E-state index contributed by atoms with van der Waals surface area (Å²) in [5, 5.41) is 19.1. The Kier molecular flexibility index (Phi) is 3.99. The third-order valence-electron chi connectivity index (χ3n) is 2.04. The maximum Gasteiger partial charge on any atom is 0.321 e. The van der Waals surface area contributed by atoms with Crippen molar-refractivity contribution in [1.29, 1.82) is 0 Å². The number of non-ortho nitro benzene ring substituents is 1. The predicted octanol–water partition coefficient (Wildman–Crippen LogP) is 0.346. The molecule has 1 rings (SSSR count). The number of sulfonamides is 1. The van der Waals surface area contributed by atoms with E-state index in [1.165, 1.54) is 6.07 Å². The second-order valence-corrected chi connectivity index (χ2v) is 5.15. The Morgan fingerprint density at radius 3 is 2.61 bits per heavy atom. The molecule has 0 spiro atoms. The minimum Gasteiger partial charge on any atom is -0.480 e. The minimum absolute atomic E-state index is 0.357. The molecule has 18 heavy (non-hydrogen) atoms. The molecule has 8 nitrogen and oxygen atoms in total. The molecule has 1 aromatic rings. The van der Waals surface area contributed by atoms with Gasteiger partial charge in [0, 0.05) is 12.1 Å². The lowest BCUT2D eigenvalue weighted by atomic mass is 10.3. The summed E-state index contributed by atoms with van der Waals surface area (Å²) in [4.78, 5) is 20.0. The molecule has 0 amide bonds. The van der Waals surface area contributed by atoms with Crippen molar-refractivity contribution >= 4 is 21.7 Å². The van der Waals surface area contributed by atoms with Crippen molar-refractivity contribution in [1.82, 2.24) is 4.72 Å². The first kappa shape index (κ1) is 14.1. The van der Waals surface area contributed by atoms with Gasteiger partial charge in [-0.1, -0.05) is 6.07 Å². The Hall–Kier alpha value is -2.00. The van der Waals surface area contributed by atoms with Gasteiger partial charge in [0.05, 0.1) is 9.82 Å². The lowest BCUT2D eigenvalue weighted by molar-refractivity contribution is -0.385. The van der Waals surface area contributed by atoms with Gasteiger partial charge in [0.2, 0.25) is 10.0 Å². The van der Waals surface area contributed by atoms with E-state index < -0.39 is 27.0 Å². The summed E-state index contributed by atoms with van der Waals surface area (Å²) >= 11 is 0. The van der Waals surface area contributed by atoms with Gasteiger partial charge < -0.3 is 5.11 Å². The topological polar surface area (TPSA) is 127 Å². The van der Waals surface area contributed by atoms with Crippen molar-refractivity contribution in [2.75, 3.05) is 0 Å². The van der Waals surface area contributed by atoms with Crippen molar-refractivity contribution in [3.05, 3.63) is 34.4 Å². The maximum absolute atomic E-state index is 11.7. The van der Waals surface area contributed by atoms with Crippen LogP contribution in [0.5, 0.6) is 0 Å². The molecular formula is C9H10N2O6S. The standard InChI is InChI=1S/C9H10N2O6S/c1-6(9(12)13)10-18(16,17)8-4-2-3-7(5-8)11(14)15/h2-6,10H,1H3,(H,12,13)/t6-/m0/s1. The molecule has 0 unspecified atom stereocenters. The number of nitro benzene ring substituents is 1. The van der Waals surface area contributed by atoms with Crippen LogP contribution in [0.25, 0.3) is 0 Å². The molecule has 0 saturated heterocycles. The number of nitro groups is 1. The molecule has 1 atom stereocenters. The van der Waals surface area contributed by atoms with Crippen LogP contribution in [-0.4, -0.2) is 30.5 Å². The van der Waals surface area contributed by atoms with E-state index in [1.54, 1.807) is 0 Å². The van der Waals surface area contributed by atoms with E-state index in [0.29, 0.717) is 0 Å². The fourth-order valence-electron chi connectivity index (χ4n) is 1.12. The van der Waals surface area contributed by atoms with Gasteiger partial charge in [-0.15, -0.1) is 0 Å². The summed E-state index contributed by atoms with van der Waals surface area (Å²) in [5.74, 6) is -1.34. The van der Waals surface area contributed by atoms with Gasteiger partial charge in [-0.3, -0.25) is 14.9 Å². The number of carboxylic acid groups (broad SMARTS) is 1. The molecule has 9 heteroatoms. The summed E-state index contributed by atoms with van der Waals surface area (Å²) < 4.78 is 25.3. The van der Waals surface area contributed by atoms with Gasteiger partial charge in [0.25, 0.3) is 5.69 Å². The molecule has 1 aromatic carbocycles. The number of aliphatic carboxylic acids is 1. The van der Waals surface area contributed by atoms with Crippen molar-refractivity contribution in [2.24, 2.45) is 0 Å². The largest absolute Gasteiger partial charge is 0.480 e. The number of hydrogen-bond donors (Lipinski definition) is 2. The Balaban J connectivity index is 3.09. The maximum atomic E-state index is 11.7. The number of benzene rings is 1. The summed E-state index contributed by atoms with van der Waals surface area (Å²) in [6.45, 7) is 1.15. The summed E-state index contributed by atoms with van der Waals surface area (Å²) in [7, 11) is -4.10. The highest BCUT2D eigenvalue weighted by molar-refractivity contribution is 7.89. The van der Waals surface area contributed by atoms with E-state index in [4.69, 9.17) is 5.11 Å². The average Bonchev–Trinajstić information content (AvgIpc) is 2.28. The van der Waals surface area contributed by atoms with Crippen LogP contribution < -0.4 is 4.72 Å². The van der Waals surface area contributed by atoms with Crippen molar-refractivity contribution in [3.63, 3.8) is 0 Å². The zero-order chi connectivity index (χ0) is 13.9. The third-order valence-corrected chi connectivity index (χ3v) is 3.58. The lowest BCUT2D eigenvalue weighted by Crippen LogP contribution is -2.38. The van der Waals surface area contributed by atoms with Crippen LogP contribution >= 0.6 is 0 Å². The number of carboxylic acids is 1. The molecule has 0 bridgehead atoms. The Morgan fingerprint density at radius 1 is 1.50 bits per heavy atom. The van der Waals surface area contributed by atoms with Gasteiger partial charge in [0.15, 0.2) is 0 Å². The number of carbonyl (C=O) groups is 1. The predicted molar refractivity (Wildman–Crippen MR) is 60.5 cm³/mol. The van der Waals surface area contributed by atoms with Gasteiger partial charge >= 0.3 is 5.97 Å². The fraction of sp³-hybridized carbons (Fsp3) is 0.222. The third kappa shape index (κ3) is 3.25. The monoisotopic (exact) mass is 274 g/mol. The van der Waals surface area contributed by atoms with Crippen LogP contribution in [0.15, 0.2) is 29.2 Å². The SMILES string of the molecule is C[C@H](NS(=O)(=O)c1cccc([N+](=O)[O-])c1)C(=O)O. The molecule has 0 aliphatic heterocycles. The first-order chi connectivity index (χ1) is 8.24.